The molecule has 3 aromatic carbocycles. The van der Waals surface area contributed by atoms with Gasteiger partial charge >= 0.3 is 6.03 Å². The molecule has 7 heteroatoms. The number of carbonyl (C=O) groups excluding carboxylic acids is 1. The highest BCUT2D eigenvalue weighted by Gasteiger charge is 2.36. The van der Waals surface area contributed by atoms with E-state index in [1.54, 1.807) is 17.0 Å². The van der Waals surface area contributed by atoms with Crippen molar-refractivity contribution >= 4 is 11.6 Å². The third kappa shape index (κ3) is 4.45. The van der Waals surface area contributed by atoms with Crippen molar-refractivity contribution in [1.29, 1.82) is 0 Å². The van der Waals surface area contributed by atoms with E-state index in [0.29, 0.717) is 17.7 Å². The van der Waals surface area contributed by atoms with Crippen LogP contribution in [0.15, 0.2) is 83.0 Å². The van der Waals surface area contributed by atoms with E-state index in [9.17, 15) is 9.18 Å². The topological polar surface area (TPSA) is 71.3 Å². The molecule has 1 aromatic heterocycles. The Kier molecular flexibility index (Phi) is 5.91. The molecule has 1 aliphatic rings. The highest BCUT2D eigenvalue weighted by atomic mass is 19.1. The summed E-state index contributed by atoms with van der Waals surface area (Å²) in [7, 11) is 0. The zero-order valence-electron chi connectivity index (χ0n) is 19.7. The molecule has 0 saturated heterocycles. The number of carbonyl (C=O) groups is 1. The standard InChI is InChI=1S/C28H25FN4O2/c1-17-11-13-20(14-12-17)25-24(27-31-26(32-35-27)21-9-6-10-23(29)15-21)19(3)33(28(34)30-25)16-22-8-5-4-7-18(22)2/h4-15,25H,16H2,1-3H3,(H,30,34). The lowest BCUT2D eigenvalue weighted by Gasteiger charge is -2.35. The van der Waals surface area contributed by atoms with Gasteiger partial charge in [0.1, 0.15) is 5.82 Å². The van der Waals surface area contributed by atoms with E-state index in [0.717, 1.165) is 28.0 Å². The molecule has 1 unspecified atom stereocenters. The second kappa shape index (κ2) is 9.18. The zero-order valence-corrected chi connectivity index (χ0v) is 19.7. The zero-order chi connectivity index (χ0) is 24.5. The molecule has 0 fully saturated rings. The summed E-state index contributed by atoms with van der Waals surface area (Å²) in [5.74, 6) is 0.183. The SMILES string of the molecule is CC1=C(c2nc(-c3cccc(F)c3)no2)C(c2ccc(C)cc2)NC(=O)N1Cc1ccccc1C. The molecule has 1 N–H and O–H groups in total. The lowest BCUT2D eigenvalue weighted by molar-refractivity contribution is 0.203. The van der Waals surface area contributed by atoms with Gasteiger partial charge in [-0.25, -0.2) is 9.18 Å². The Hall–Kier alpha value is -4.26. The van der Waals surface area contributed by atoms with Crippen LogP contribution in [0.3, 0.4) is 0 Å². The summed E-state index contributed by atoms with van der Waals surface area (Å²) in [5, 5.41) is 7.22. The van der Waals surface area contributed by atoms with Crippen LogP contribution in [0.2, 0.25) is 0 Å². The lowest BCUT2D eigenvalue weighted by Crippen LogP contribution is -2.45. The van der Waals surface area contributed by atoms with Crippen LogP contribution in [0.25, 0.3) is 17.0 Å². The van der Waals surface area contributed by atoms with Gasteiger partial charge in [0.2, 0.25) is 5.82 Å². The Labute approximate surface area is 203 Å². The molecule has 0 radical (unpaired) electrons. The number of hydrogen-bond donors (Lipinski definition) is 1. The van der Waals surface area contributed by atoms with Gasteiger partial charge in [0.05, 0.1) is 18.2 Å². The number of halogens is 1. The van der Waals surface area contributed by atoms with E-state index < -0.39 is 6.04 Å². The number of hydrogen-bond acceptors (Lipinski definition) is 4. The van der Waals surface area contributed by atoms with Crippen molar-refractivity contribution in [1.82, 2.24) is 20.4 Å². The van der Waals surface area contributed by atoms with Crippen molar-refractivity contribution in [2.24, 2.45) is 0 Å². The van der Waals surface area contributed by atoms with Gasteiger partial charge in [-0.1, -0.05) is 71.4 Å². The molecule has 2 heterocycles. The van der Waals surface area contributed by atoms with E-state index in [1.807, 2.05) is 69.3 Å². The fourth-order valence-electron chi connectivity index (χ4n) is 4.29. The number of urea groups is 1. The molecule has 35 heavy (non-hydrogen) atoms. The summed E-state index contributed by atoms with van der Waals surface area (Å²) in [6, 6.07) is 21.3. The fourth-order valence-corrected chi connectivity index (χ4v) is 4.29. The fraction of sp³-hybridized carbons (Fsp3) is 0.179. The molecule has 0 bridgehead atoms. The Balaban J connectivity index is 1.61. The quantitative estimate of drug-likeness (QED) is 0.379. The molecule has 5 rings (SSSR count). The van der Waals surface area contributed by atoms with Crippen LogP contribution in [-0.4, -0.2) is 21.1 Å². The first-order chi connectivity index (χ1) is 16.9. The number of amides is 2. The van der Waals surface area contributed by atoms with Gasteiger partial charge in [-0.05, 0) is 49.6 Å². The number of nitrogens with zero attached hydrogens (tertiary/aromatic N) is 3. The van der Waals surface area contributed by atoms with Crippen molar-refractivity contribution in [3.8, 4) is 11.4 Å². The highest BCUT2D eigenvalue weighted by Crippen LogP contribution is 2.38. The van der Waals surface area contributed by atoms with Crippen molar-refractivity contribution in [2.75, 3.05) is 0 Å². The van der Waals surface area contributed by atoms with Crippen molar-refractivity contribution in [2.45, 2.75) is 33.4 Å². The maximum absolute atomic E-state index is 13.8. The van der Waals surface area contributed by atoms with Gasteiger partial charge in [0, 0.05) is 11.3 Å². The smallest absolute Gasteiger partial charge is 0.322 e. The van der Waals surface area contributed by atoms with E-state index in [1.165, 1.54) is 12.1 Å². The average molecular weight is 469 g/mol. The third-order valence-corrected chi connectivity index (χ3v) is 6.34. The summed E-state index contributed by atoms with van der Waals surface area (Å²) in [5.41, 5.74) is 6.10. The summed E-state index contributed by atoms with van der Waals surface area (Å²) in [4.78, 5) is 19.6. The second-order valence-corrected chi connectivity index (χ2v) is 8.74. The van der Waals surface area contributed by atoms with Crippen LogP contribution in [0, 0.1) is 19.7 Å². The molecule has 2 amide bonds. The molecule has 1 atom stereocenters. The molecular weight excluding hydrogens is 443 g/mol. The highest BCUT2D eigenvalue weighted by molar-refractivity contribution is 5.87. The summed E-state index contributed by atoms with van der Waals surface area (Å²) >= 11 is 0. The molecule has 0 spiro atoms. The number of allylic oxidation sites excluding steroid dienone is 1. The first kappa shape index (κ1) is 22.5. The second-order valence-electron chi connectivity index (χ2n) is 8.74. The minimum atomic E-state index is -0.475. The summed E-state index contributed by atoms with van der Waals surface area (Å²) < 4.78 is 19.5. The molecule has 0 aliphatic carbocycles. The Morgan fingerprint density at radius 2 is 1.77 bits per heavy atom. The average Bonchev–Trinajstić information content (AvgIpc) is 3.33. The van der Waals surface area contributed by atoms with Gasteiger partial charge in [-0.2, -0.15) is 4.98 Å². The van der Waals surface area contributed by atoms with Gasteiger partial charge in [0.25, 0.3) is 5.89 Å². The van der Waals surface area contributed by atoms with Gasteiger partial charge < -0.3 is 9.84 Å². The van der Waals surface area contributed by atoms with E-state index >= 15 is 0 Å². The van der Waals surface area contributed by atoms with Crippen LogP contribution in [0.4, 0.5) is 9.18 Å². The summed E-state index contributed by atoms with van der Waals surface area (Å²) in [6.07, 6.45) is 0. The van der Waals surface area contributed by atoms with Crippen molar-refractivity contribution < 1.29 is 13.7 Å². The number of aryl methyl sites for hydroxylation is 2. The first-order valence-electron chi connectivity index (χ1n) is 11.4. The number of nitrogens with one attached hydrogen (secondary N) is 1. The Bertz CT molecular complexity index is 1420. The lowest BCUT2D eigenvalue weighted by atomic mass is 9.93. The van der Waals surface area contributed by atoms with Crippen LogP contribution in [0.5, 0.6) is 0 Å². The van der Waals surface area contributed by atoms with Crippen LogP contribution in [-0.2, 0) is 6.54 Å². The number of rotatable bonds is 5. The first-order valence-corrected chi connectivity index (χ1v) is 11.4. The molecule has 4 aromatic rings. The Morgan fingerprint density at radius 1 is 1.00 bits per heavy atom. The van der Waals surface area contributed by atoms with Crippen LogP contribution >= 0.6 is 0 Å². The molecule has 1 aliphatic heterocycles. The van der Waals surface area contributed by atoms with Gasteiger partial charge in [-0.15, -0.1) is 0 Å². The third-order valence-electron chi connectivity index (χ3n) is 6.34. The maximum Gasteiger partial charge on any atom is 0.322 e. The monoisotopic (exact) mass is 468 g/mol. The van der Waals surface area contributed by atoms with E-state index in [-0.39, 0.29) is 23.6 Å². The predicted molar refractivity (Wildman–Crippen MR) is 131 cm³/mol. The molecule has 6 nitrogen and oxygen atoms in total. The normalized spacial score (nSPS) is 15.9. The van der Waals surface area contributed by atoms with Crippen molar-refractivity contribution in [3.63, 3.8) is 0 Å². The molecular formula is C28H25FN4O2. The van der Waals surface area contributed by atoms with E-state index in [2.05, 4.69) is 15.5 Å². The van der Waals surface area contributed by atoms with Crippen LogP contribution in [0.1, 0.15) is 41.1 Å². The molecule has 0 saturated carbocycles. The van der Waals surface area contributed by atoms with Crippen LogP contribution < -0.4 is 5.32 Å². The summed E-state index contributed by atoms with van der Waals surface area (Å²) in [6.45, 7) is 6.33. The van der Waals surface area contributed by atoms with Gasteiger partial charge in [0.15, 0.2) is 0 Å². The maximum atomic E-state index is 13.8. The Morgan fingerprint density at radius 3 is 2.51 bits per heavy atom. The predicted octanol–water partition coefficient (Wildman–Crippen LogP) is 6.19. The number of benzene rings is 3. The molecule has 176 valence electrons. The number of aromatic nitrogens is 2. The largest absolute Gasteiger partial charge is 0.334 e. The minimum Gasteiger partial charge on any atom is -0.334 e. The van der Waals surface area contributed by atoms with Crippen molar-refractivity contribution in [3.05, 3.63) is 112 Å². The van der Waals surface area contributed by atoms with Gasteiger partial charge in [-0.3, -0.25) is 4.90 Å². The minimum absolute atomic E-state index is 0.204. The van der Waals surface area contributed by atoms with E-state index in [4.69, 9.17) is 4.52 Å².